The van der Waals surface area contributed by atoms with Crippen LogP contribution < -0.4 is 10.0 Å². The minimum atomic E-state index is -3.84. The highest BCUT2D eigenvalue weighted by Crippen LogP contribution is 2.23. The highest BCUT2D eigenvalue weighted by Gasteiger charge is 2.19. The van der Waals surface area contributed by atoms with Gasteiger partial charge in [-0.15, -0.1) is 0 Å². The molecular formula is C22H22N4O4S. The average molecular weight is 439 g/mol. The number of nitrogens with one attached hydrogen (secondary N) is 2. The van der Waals surface area contributed by atoms with E-state index >= 15 is 0 Å². The van der Waals surface area contributed by atoms with E-state index in [9.17, 15) is 13.2 Å². The lowest BCUT2D eigenvalue weighted by Gasteiger charge is -2.10. The first-order valence-electron chi connectivity index (χ1n) is 9.65. The van der Waals surface area contributed by atoms with E-state index in [0.29, 0.717) is 16.9 Å². The zero-order chi connectivity index (χ0) is 22.2. The van der Waals surface area contributed by atoms with Crippen molar-refractivity contribution in [1.29, 1.82) is 0 Å². The van der Waals surface area contributed by atoms with Crippen molar-refractivity contribution in [2.75, 3.05) is 10.0 Å². The summed E-state index contributed by atoms with van der Waals surface area (Å²) >= 11 is 0. The molecule has 4 aromatic rings. The molecule has 0 spiro atoms. The van der Waals surface area contributed by atoms with Crippen molar-refractivity contribution in [3.8, 4) is 0 Å². The average Bonchev–Trinajstić information content (AvgIpc) is 3.21. The number of nitrogens with zero attached hydrogens (tertiary/aromatic N) is 2. The number of para-hydroxylation sites is 1. The minimum Gasteiger partial charge on any atom is -0.337 e. The van der Waals surface area contributed by atoms with E-state index in [1.807, 2.05) is 41.8 Å². The first-order valence-corrected chi connectivity index (χ1v) is 11.1. The maximum atomic E-state index is 12.6. The molecule has 0 aliphatic heterocycles. The number of hydrogen-bond donors (Lipinski definition) is 2. The molecule has 2 aromatic heterocycles. The van der Waals surface area contributed by atoms with Gasteiger partial charge >= 0.3 is 0 Å². The summed E-state index contributed by atoms with van der Waals surface area (Å²) in [7, 11) is -3.84. The highest BCUT2D eigenvalue weighted by atomic mass is 32.2. The summed E-state index contributed by atoms with van der Waals surface area (Å²) in [5.74, 6) is -0.116. The summed E-state index contributed by atoms with van der Waals surface area (Å²) in [5.41, 5.74) is 3.72. The van der Waals surface area contributed by atoms with E-state index in [-0.39, 0.29) is 23.2 Å². The molecule has 8 nitrogen and oxygen atoms in total. The molecule has 2 heterocycles. The van der Waals surface area contributed by atoms with Crippen LogP contribution >= 0.6 is 0 Å². The minimum absolute atomic E-state index is 0.0474. The van der Waals surface area contributed by atoms with E-state index in [4.69, 9.17) is 4.52 Å². The van der Waals surface area contributed by atoms with Gasteiger partial charge in [-0.05, 0) is 62.6 Å². The standard InChI is InChI=1S/C22H22N4O4S/c1-14-12-17-6-4-5-7-20(17)26(14)13-21(27)23-18-8-10-19(11-9-18)31(28,29)25-22-15(2)16(3)24-30-22/h4-12,25H,13H2,1-3H3,(H,23,27). The van der Waals surface area contributed by atoms with Gasteiger partial charge in [0, 0.05) is 22.5 Å². The Bertz CT molecular complexity index is 1370. The normalized spacial score (nSPS) is 11.6. The van der Waals surface area contributed by atoms with Gasteiger partial charge in [-0.3, -0.25) is 4.79 Å². The van der Waals surface area contributed by atoms with Gasteiger partial charge in [0.2, 0.25) is 11.8 Å². The van der Waals surface area contributed by atoms with Crippen LogP contribution in [-0.4, -0.2) is 24.0 Å². The second kappa shape index (κ2) is 7.92. The second-order valence-electron chi connectivity index (χ2n) is 7.33. The van der Waals surface area contributed by atoms with E-state index in [0.717, 1.165) is 16.6 Å². The predicted octanol–water partition coefficient (Wildman–Crippen LogP) is 3.99. The van der Waals surface area contributed by atoms with Gasteiger partial charge in [-0.25, -0.2) is 13.1 Å². The van der Waals surface area contributed by atoms with E-state index < -0.39 is 10.0 Å². The van der Waals surface area contributed by atoms with Gasteiger partial charge in [0.05, 0.1) is 10.6 Å². The summed E-state index contributed by atoms with van der Waals surface area (Å²) < 4.78 is 34.5. The second-order valence-corrected chi connectivity index (χ2v) is 9.01. The van der Waals surface area contributed by atoms with Crippen LogP contribution in [-0.2, 0) is 21.4 Å². The summed E-state index contributed by atoms with van der Waals surface area (Å²) in [6.45, 7) is 5.56. The van der Waals surface area contributed by atoms with Gasteiger partial charge < -0.3 is 14.4 Å². The Morgan fingerprint density at radius 3 is 2.45 bits per heavy atom. The van der Waals surface area contributed by atoms with Crippen LogP contribution in [0.4, 0.5) is 11.6 Å². The Morgan fingerprint density at radius 2 is 1.77 bits per heavy atom. The highest BCUT2D eigenvalue weighted by molar-refractivity contribution is 7.92. The first kappa shape index (κ1) is 20.7. The van der Waals surface area contributed by atoms with Crippen molar-refractivity contribution >= 4 is 38.4 Å². The molecule has 0 aliphatic carbocycles. The number of carbonyl (C=O) groups excluding carboxylic acids is 1. The third kappa shape index (κ3) is 4.17. The number of hydrogen-bond acceptors (Lipinski definition) is 5. The van der Waals surface area contributed by atoms with Crippen LogP contribution in [0.25, 0.3) is 10.9 Å². The van der Waals surface area contributed by atoms with Gasteiger partial charge in [-0.1, -0.05) is 23.4 Å². The number of sulfonamides is 1. The predicted molar refractivity (Wildman–Crippen MR) is 119 cm³/mol. The van der Waals surface area contributed by atoms with Gasteiger partial charge in [0.25, 0.3) is 10.0 Å². The van der Waals surface area contributed by atoms with Crippen molar-refractivity contribution in [2.45, 2.75) is 32.2 Å². The summed E-state index contributed by atoms with van der Waals surface area (Å²) in [6, 6.07) is 15.8. The Hall–Kier alpha value is -3.59. The number of rotatable bonds is 6. The number of fused-ring (bicyclic) bond motifs is 1. The van der Waals surface area contributed by atoms with E-state index in [1.165, 1.54) is 12.1 Å². The monoisotopic (exact) mass is 438 g/mol. The summed E-state index contributed by atoms with van der Waals surface area (Å²) in [5, 5.41) is 7.63. The molecule has 0 atom stereocenters. The Balaban J connectivity index is 1.46. The van der Waals surface area contributed by atoms with E-state index in [1.54, 1.807) is 26.0 Å². The molecule has 0 radical (unpaired) electrons. The molecule has 0 aliphatic rings. The van der Waals surface area contributed by atoms with Crippen molar-refractivity contribution in [3.63, 3.8) is 0 Å². The van der Waals surface area contributed by atoms with Gasteiger partial charge in [0.1, 0.15) is 6.54 Å². The molecule has 9 heteroatoms. The fourth-order valence-electron chi connectivity index (χ4n) is 3.31. The largest absolute Gasteiger partial charge is 0.337 e. The van der Waals surface area contributed by atoms with Gasteiger partial charge in [0.15, 0.2) is 0 Å². The summed E-state index contributed by atoms with van der Waals surface area (Å²) in [4.78, 5) is 12.6. The molecule has 0 unspecified atom stereocenters. The molecule has 0 saturated carbocycles. The zero-order valence-corrected chi connectivity index (χ0v) is 18.2. The molecule has 0 bridgehead atoms. The summed E-state index contributed by atoms with van der Waals surface area (Å²) in [6.07, 6.45) is 0. The molecule has 1 amide bonds. The maximum absolute atomic E-state index is 12.6. The number of amides is 1. The lowest BCUT2D eigenvalue weighted by Crippen LogP contribution is -2.19. The van der Waals surface area contributed by atoms with Crippen LogP contribution in [0.1, 0.15) is 17.0 Å². The maximum Gasteiger partial charge on any atom is 0.264 e. The smallest absolute Gasteiger partial charge is 0.264 e. The lowest BCUT2D eigenvalue weighted by molar-refractivity contribution is -0.116. The fraction of sp³-hybridized carbons (Fsp3) is 0.182. The van der Waals surface area contributed by atoms with Crippen molar-refractivity contribution in [3.05, 3.63) is 71.5 Å². The number of aryl methyl sites for hydroxylation is 2. The molecule has 31 heavy (non-hydrogen) atoms. The van der Waals surface area contributed by atoms with Crippen molar-refractivity contribution in [2.24, 2.45) is 0 Å². The van der Waals surface area contributed by atoms with Crippen molar-refractivity contribution in [1.82, 2.24) is 9.72 Å². The van der Waals surface area contributed by atoms with E-state index in [2.05, 4.69) is 15.2 Å². The Labute approximate surface area is 179 Å². The van der Waals surface area contributed by atoms with Crippen LogP contribution in [0.15, 0.2) is 64.0 Å². The molecule has 2 aromatic carbocycles. The number of benzene rings is 2. The SMILES string of the molecule is Cc1noc(NS(=O)(=O)c2ccc(NC(=O)Cn3c(C)cc4ccccc43)cc2)c1C. The molecule has 0 fully saturated rings. The molecule has 2 N–H and O–H groups in total. The fourth-order valence-corrected chi connectivity index (χ4v) is 4.36. The Morgan fingerprint density at radius 1 is 1.06 bits per heavy atom. The number of aromatic nitrogens is 2. The third-order valence-electron chi connectivity index (χ3n) is 5.15. The molecule has 160 valence electrons. The van der Waals surface area contributed by atoms with Crippen molar-refractivity contribution < 1.29 is 17.7 Å². The van der Waals surface area contributed by atoms with Crippen LogP contribution in [0, 0.1) is 20.8 Å². The van der Waals surface area contributed by atoms with Crippen LogP contribution in [0.5, 0.6) is 0 Å². The lowest BCUT2D eigenvalue weighted by atomic mass is 10.2. The zero-order valence-electron chi connectivity index (χ0n) is 17.3. The molecule has 4 rings (SSSR count). The molecule has 0 saturated heterocycles. The third-order valence-corrected chi connectivity index (χ3v) is 6.50. The first-order chi connectivity index (χ1) is 14.7. The van der Waals surface area contributed by atoms with Gasteiger partial charge in [-0.2, -0.15) is 0 Å². The van der Waals surface area contributed by atoms with Crippen LogP contribution in [0.3, 0.4) is 0 Å². The Kier molecular flexibility index (Phi) is 5.28. The number of anilines is 2. The number of carbonyl (C=O) groups is 1. The topological polar surface area (TPSA) is 106 Å². The van der Waals surface area contributed by atoms with Crippen LogP contribution in [0.2, 0.25) is 0 Å². The molecular weight excluding hydrogens is 416 g/mol. The quantitative estimate of drug-likeness (QED) is 0.473.